The van der Waals surface area contributed by atoms with Crippen LogP contribution in [0.15, 0.2) is 36.5 Å². The summed E-state index contributed by atoms with van der Waals surface area (Å²) >= 11 is 0. The summed E-state index contributed by atoms with van der Waals surface area (Å²) in [4.78, 5) is 24.3. The first-order chi connectivity index (χ1) is 14.4. The van der Waals surface area contributed by atoms with E-state index in [4.69, 9.17) is 4.98 Å². The smallest absolute Gasteiger partial charge is 0.274 e. The van der Waals surface area contributed by atoms with E-state index < -0.39 is 0 Å². The maximum Gasteiger partial charge on any atom is 0.274 e. The molecule has 6 nitrogen and oxygen atoms in total. The zero-order chi connectivity index (χ0) is 21.3. The molecular formula is C24H29N5O. The van der Waals surface area contributed by atoms with Crippen molar-refractivity contribution in [1.29, 1.82) is 0 Å². The first-order valence-electron chi connectivity index (χ1n) is 10.7. The molecule has 4 rings (SSSR count). The zero-order valence-corrected chi connectivity index (χ0v) is 18.1. The van der Waals surface area contributed by atoms with Gasteiger partial charge in [0, 0.05) is 36.5 Å². The molecule has 1 aromatic carbocycles. The number of amides is 1. The van der Waals surface area contributed by atoms with Gasteiger partial charge in [-0.2, -0.15) is 5.10 Å². The number of likely N-dealkylation sites (tertiary alicyclic amines) is 1. The molecule has 1 saturated heterocycles. The Bertz CT molecular complexity index is 1060. The lowest BCUT2D eigenvalue weighted by Gasteiger charge is -2.33. The van der Waals surface area contributed by atoms with Crippen LogP contribution in [0.25, 0.3) is 11.1 Å². The molecule has 0 spiro atoms. The lowest BCUT2D eigenvalue weighted by molar-refractivity contribution is 0.0700. The van der Waals surface area contributed by atoms with Crippen LogP contribution < -0.4 is 0 Å². The maximum atomic E-state index is 13.1. The van der Waals surface area contributed by atoms with E-state index in [0.29, 0.717) is 18.2 Å². The Hall–Kier alpha value is -3.02. The van der Waals surface area contributed by atoms with Crippen molar-refractivity contribution in [3.63, 3.8) is 0 Å². The normalized spacial score (nSPS) is 16.8. The third-order valence-electron chi connectivity index (χ3n) is 5.80. The molecule has 0 aliphatic carbocycles. The lowest BCUT2D eigenvalue weighted by atomic mass is 9.89. The fraction of sp³-hybridized carbons (Fsp3) is 0.417. The minimum absolute atomic E-state index is 0.00858. The molecule has 3 heterocycles. The number of carbonyl (C=O) groups is 1. The minimum atomic E-state index is -0.00858. The highest BCUT2D eigenvalue weighted by Gasteiger charge is 2.29. The molecule has 2 aromatic heterocycles. The fourth-order valence-electron chi connectivity index (χ4n) is 4.12. The zero-order valence-electron chi connectivity index (χ0n) is 18.1. The van der Waals surface area contributed by atoms with Crippen LogP contribution in [0.4, 0.5) is 0 Å². The van der Waals surface area contributed by atoms with Crippen LogP contribution in [0.2, 0.25) is 0 Å². The quantitative estimate of drug-likeness (QED) is 0.689. The van der Waals surface area contributed by atoms with E-state index >= 15 is 0 Å². The number of carbonyl (C=O) groups excluding carboxylic acids is 1. The Morgan fingerprint density at radius 1 is 1.23 bits per heavy atom. The topological polar surface area (TPSA) is 74.8 Å². The van der Waals surface area contributed by atoms with E-state index in [-0.39, 0.29) is 11.8 Å². The molecule has 1 N–H and O–H groups in total. The van der Waals surface area contributed by atoms with Crippen molar-refractivity contribution in [3.8, 4) is 11.1 Å². The van der Waals surface area contributed by atoms with Crippen LogP contribution >= 0.6 is 0 Å². The largest absolute Gasteiger partial charge is 0.337 e. The summed E-state index contributed by atoms with van der Waals surface area (Å²) in [6.07, 6.45) is 3.89. The van der Waals surface area contributed by atoms with Gasteiger partial charge in [-0.1, -0.05) is 43.7 Å². The Balaban J connectivity index is 1.62. The molecule has 1 fully saturated rings. The number of H-pyrrole nitrogens is 1. The van der Waals surface area contributed by atoms with Crippen molar-refractivity contribution >= 4 is 5.91 Å². The molecule has 3 aromatic rings. The highest BCUT2D eigenvalue weighted by molar-refractivity contribution is 5.92. The number of piperidine rings is 1. The SMILES string of the molecule is Cc1cccc(-c2cnc(C)nc2[C@H]2CCCN(C(=O)c3cc(C(C)C)[nH]n3)C2)c1. The van der Waals surface area contributed by atoms with Crippen LogP contribution in [0.3, 0.4) is 0 Å². The molecule has 6 heteroatoms. The second kappa shape index (κ2) is 8.38. The number of rotatable bonds is 4. The van der Waals surface area contributed by atoms with E-state index in [9.17, 15) is 4.79 Å². The second-order valence-corrected chi connectivity index (χ2v) is 8.54. The van der Waals surface area contributed by atoms with Crippen molar-refractivity contribution in [3.05, 3.63) is 65.0 Å². The Kier molecular flexibility index (Phi) is 5.66. The minimum Gasteiger partial charge on any atom is -0.337 e. The van der Waals surface area contributed by atoms with Crippen LogP contribution in [-0.4, -0.2) is 44.1 Å². The van der Waals surface area contributed by atoms with Crippen molar-refractivity contribution in [1.82, 2.24) is 25.1 Å². The number of aryl methyl sites for hydroxylation is 2. The second-order valence-electron chi connectivity index (χ2n) is 8.54. The third-order valence-corrected chi connectivity index (χ3v) is 5.80. The summed E-state index contributed by atoms with van der Waals surface area (Å²) in [6, 6.07) is 10.3. The van der Waals surface area contributed by atoms with Gasteiger partial charge in [0.05, 0.1) is 5.69 Å². The number of hydrogen-bond acceptors (Lipinski definition) is 4. The average molecular weight is 404 g/mol. The van der Waals surface area contributed by atoms with Gasteiger partial charge in [-0.3, -0.25) is 9.89 Å². The number of aromatic amines is 1. The van der Waals surface area contributed by atoms with Gasteiger partial charge in [0.1, 0.15) is 11.5 Å². The molecule has 156 valence electrons. The maximum absolute atomic E-state index is 13.1. The summed E-state index contributed by atoms with van der Waals surface area (Å²) in [7, 11) is 0. The number of nitrogens with zero attached hydrogens (tertiary/aromatic N) is 4. The summed E-state index contributed by atoms with van der Waals surface area (Å²) in [6.45, 7) is 9.59. The van der Waals surface area contributed by atoms with Gasteiger partial charge in [-0.15, -0.1) is 0 Å². The molecule has 30 heavy (non-hydrogen) atoms. The number of benzene rings is 1. The summed E-state index contributed by atoms with van der Waals surface area (Å²) in [5.74, 6) is 1.25. The van der Waals surface area contributed by atoms with E-state index in [1.807, 2.05) is 24.1 Å². The molecule has 1 atom stereocenters. The summed E-state index contributed by atoms with van der Waals surface area (Å²) in [5, 5.41) is 7.25. The molecule has 0 radical (unpaired) electrons. The summed E-state index contributed by atoms with van der Waals surface area (Å²) in [5.41, 5.74) is 5.92. The molecule has 1 aliphatic heterocycles. The number of hydrogen-bond donors (Lipinski definition) is 1. The van der Waals surface area contributed by atoms with Crippen LogP contribution in [0.1, 0.15) is 71.8 Å². The first-order valence-corrected chi connectivity index (χ1v) is 10.7. The fourth-order valence-corrected chi connectivity index (χ4v) is 4.12. The Morgan fingerprint density at radius 2 is 2.07 bits per heavy atom. The summed E-state index contributed by atoms with van der Waals surface area (Å²) < 4.78 is 0. The van der Waals surface area contributed by atoms with E-state index in [1.165, 1.54) is 5.56 Å². The van der Waals surface area contributed by atoms with Gasteiger partial charge in [0.25, 0.3) is 5.91 Å². The first kappa shape index (κ1) is 20.3. The lowest BCUT2D eigenvalue weighted by Crippen LogP contribution is -2.39. The van der Waals surface area contributed by atoms with E-state index in [1.54, 1.807) is 0 Å². The molecule has 0 unspecified atom stereocenters. The Morgan fingerprint density at radius 3 is 2.80 bits per heavy atom. The number of nitrogens with one attached hydrogen (secondary N) is 1. The molecule has 1 amide bonds. The highest BCUT2D eigenvalue weighted by Crippen LogP contribution is 2.33. The highest BCUT2D eigenvalue weighted by atomic mass is 16.2. The van der Waals surface area contributed by atoms with Crippen LogP contribution in [0, 0.1) is 13.8 Å². The van der Waals surface area contributed by atoms with Crippen molar-refractivity contribution in [2.75, 3.05) is 13.1 Å². The van der Waals surface area contributed by atoms with Crippen molar-refractivity contribution in [2.24, 2.45) is 0 Å². The average Bonchev–Trinajstić information content (AvgIpc) is 3.24. The van der Waals surface area contributed by atoms with Crippen LogP contribution in [-0.2, 0) is 0 Å². The van der Waals surface area contributed by atoms with E-state index in [0.717, 1.165) is 47.7 Å². The molecule has 1 aliphatic rings. The van der Waals surface area contributed by atoms with Gasteiger partial charge >= 0.3 is 0 Å². The predicted molar refractivity (Wildman–Crippen MR) is 117 cm³/mol. The van der Waals surface area contributed by atoms with Gasteiger partial charge in [-0.25, -0.2) is 9.97 Å². The van der Waals surface area contributed by atoms with E-state index in [2.05, 4.69) is 60.2 Å². The standard InChI is InChI=1S/C24H29N5O/c1-15(2)21-12-22(28-27-21)24(30)29-10-6-9-19(14-29)23-20(13-25-17(4)26-23)18-8-5-7-16(3)11-18/h5,7-8,11-13,15,19H,6,9-10,14H2,1-4H3,(H,27,28)/t19-/m0/s1. The molecule has 0 bridgehead atoms. The third kappa shape index (κ3) is 4.13. The number of aromatic nitrogens is 4. The Labute approximate surface area is 177 Å². The van der Waals surface area contributed by atoms with Gasteiger partial charge in [0.15, 0.2) is 0 Å². The van der Waals surface area contributed by atoms with Gasteiger partial charge < -0.3 is 4.90 Å². The van der Waals surface area contributed by atoms with Crippen molar-refractivity contribution in [2.45, 2.75) is 52.4 Å². The monoisotopic (exact) mass is 403 g/mol. The van der Waals surface area contributed by atoms with Crippen molar-refractivity contribution < 1.29 is 4.79 Å². The molecular weight excluding hydrogens is 374 g/mol. The van der Waals surface area contributed by atoms with Gasteiger partial charge in [0.2, 0.25) is 0 Å². The predicted octanol–water partition coefficient (Wildman–Crippen LogP) is 4.63. The van der Waals surface area contributed by atoms with Crippen LogP contribution in [0.5, 0.6) is 0 Å². The van der Waals surface area contributed by atoms with Gasteiger partial charge in [-0.05, 0) is 44.2 Å². The molecule has 0 saturated carbocycles.